The van der Waals surface area contributed by atoms with E-state index in [9.17, 15) is 13.2 Å². The number of rotatable bonds is 5. The van der Waals surface area contributed by atoms with Gasteiger partial charge in [0.1, 0.15) is 6.04 Å². The first-order chi connectivity index (χ1) is 13.0. The normalized spacial score (nSPS) is 20.6. The zero-order chi connectivity index (χ0) is 19.0. The molecule has 5 nitrogen and oxygen atoms in total. The number of carbonyl (C=O) groups excluding carboxylic acids is 1. The van der Waals surface area contributed by atoms with Crippen LogP contribution < -0.4 is 0 Å². The van der Waals surface area contributed by atoms with Crippen molar-refractivity contribution in [3.8, 4) is 11.1 Å². The molecule has 0 bridgehead atoms. The molecular formula is C20H22N2O3S2. The summed E-state index contributed by atoms with van der Waals surface area (Å²) < 4.78 is 27.7. The Balaban J connectivity index is 1.57. The Morgan fingerprint density at radius 2 is 1.67 bits per heavy atom. The van der Waals surface area contributed by atoms with Crippen LogP contribution >= 0.6 is 11.8 Å². The van der Waals surface area contributed by atoms with Gasteiger partial charge in [-0.1, -0.05) is 42.5 Å². The van der Waals surface area contributed by atoms with Crippen LogP contribution in [0, 0.1) is 0 Å². The summed E-state index contributed by atoms with van der Waals surface area (Å²) in [6.45, 7) is 0. The van der Waals surface area contributed by atoms with E-state index in [0.717, 1.165) is 24.0 Å². The van der Waals surface area contributed by atoms with Crippen molar-refractivity contribution >= 4 is 27.7 Å². The molecule has 1 heterocycles. The van der Waals surface area contributed by atoms with Gasteiger partial charge in [0.2, 0.25) is 15.9 Å². The van der Waals surface area contributed by atoms with E-state index >= 15 is 0 Å². The van der Waals surface area contributed by atoms with Gasteiger partial charge < -0.3 is 4.90 Å². The number of hydrogen-bond donors (Lipinski definition) is 0. The average Bonchev–Trinajstić information content (AvgIpc) is 3.43. The Morgan fingerprint density at radius 3 is 2.30 bits per heavy atom. The van der Waals surface area contributed by atoms with Crippen molar-refractivity contribution in [2.24, 2.45) is 0 Å². The molecule has 7 heteroatoms. The second kappa shape index (κ2) is 7.30. The van der Waals surface area contributed by atoms with E-state index in [1.54, 1.807) is 24.1 Å². The van der Waals surface area contributed by atoms with Crippen LogP contribution in [0.3, 0.4) is 0 Å². The van der Waals surface area contributed by atoms with Crippen molar-refractivity contribution in [1.29, 1.82) is 0 Å². The maximum absolute atomic E-state index is 13.1. The lowest BCUT2D eigenvalue weighted by molar-refractivity contribution is -0.133. The molecule has 4 rings (SSSR count). The average molecular weight is 403 g/mol. The third kappa shape index (κ3) is 3.63. The van der Waals surface area contributed by atoms with Gasteiger partial charge in [-0.15, -0.1) is 11.8 Å². The molecule has 2 fully saturated rings. The standard InChI is InChI=1S/C20H22N2O3S2/c1-21(17-9-10-17)20(23)19-13-26-14-22(19)27(24,25)18-11-7-16(8-12-18)15-5-3-2-4-6-15/h2-8,11-12,17,19H,9-10,13-14H2,1H3. The lowest BCUT2D eigenvalue weighted by Gasteiger charge is -2.26. The van der Waals surface area contributed by atoms with E-state index in [2.05, 4.69) is 0 Å². The van der Waals surface area contributed by atoms with Gasteiger partial charge in [0.05, 0.1) is 10.8 Å². The maximum Gasteiger partial charge on any atom is 0.244 e. The molecule has 1 amide bonds. The number of likely N-dealkylation sites (N-methyl/N-ethyl adjacent to an activating group) is 1. The van der Waals surface area contributed by atoms with Crippen molar-refractivity contribution < 1.29 is 13.2 Å². The van der Waals surface area contributed by atoms with E-state index in [1.165, 1.54) is 16.1 Å². The summed E-state index contributed by atoms with van der Waals surface area (Å²) in [5.74, 6) is 0.738. The summed E-state index contributed by atoms with van der Waals surface area (Å²) in [6.07, 6.45) is 2.02. The summed E-state index contributed by atoms with van der Waals surface area (Å²) in [5, 5.41) is 0. The molecule has 1 unspecified atom stereocenters. The van der Waals surface area contributed by atoms with E-state index < -0.39 is 16.1 Å². The number of thioether (sulfide) groups is 1. The summed E-state index contributed by atoms with van der Waals surface area (Å²) in [5.41, 5.74) is 2.00. The fraction of sp³-hybridized carbons (Fsp3) is 0.350. The van der Waals surface area contributed by atoms with Crippen LogP contribution in [-0.4, -0.2) is 54.3 Å². The highest BCUT2D eigenvalue weighted by atomic mass is 32.2. The van der Waals surface area contributed by atoms with Gasteiger partial charge in [-0.25, -0.2) is 8.42 Å². The molecular weight excluding hydrogens is 380 g/mol. The second-order valence-corrected chi connectivity index (χ2v) is 9.87. The van der Waals surface area contributed by atoms with Crippen molar-refractivity contribution in [1.82, 2.24) is 9.21 Å². The van der Waals surface area contributed by atoms with Crippen LogP contribution in [0.25, 0.3) is 11.1 Å². The molecule has 1 atom stereocenters. The molecule has 27 heavy (non-hydrogen) atoms. The number of carbonyl (C=O) groups is 1. The zero-order valence-corrected chi connectivity index (χ0v) is 16.7. The Labute approximate surface area is 164 Å². The van der Waals surface area contributed by atoms with Crippen molar-refractivity contribution in [3.63, 3.8) is 0 Å². The molecule has 2 aliphatic rings. The summed E-state index contributed by atoms with van der Waals surface area (Å²) in [6, 6.07) is 16.4. The molecule has 1 aliphatic carbocycles. The number of amides is 1. The second-order valence-electron chi connectivity index (χ2n) is 6.98. The molecule has 0 N–H and O–H groups in total. The molecule has 2 aromatic rings. The molecule has 0 radical (unpaired) electrons. The zero-order valence-electron chi connectivity index (χ0n) is 15.1. The third-order valence-corrected chi connectivity index (χ3v) is 8.18. The SMILES string of the molecule is CN(C(=O)C1CSCN1S(=O)(=O)c1ccc(-c2ccccc2)cc1)C1CC1. The number of sulfonamides is 1. The molecule has 0 aromatic heterocycles. The van der Waals surface area contributed by atoms with Crippen LogP contribution in [0.1, 0.15) is 12.8 Å². The van der Waals surface area contributed by atoms with Crippen molar-refractivity contribution in [2.45, 2.75) is 29.8 Å². The topological polar surface area (TPSA) is 57.7 Å². The van der Waals surface area contributed by atoms with E-state index in [4.69, 9.17) is 0 Å². The van der Waals surface area contributed by atoms with Gasteiger partial charge in [0.25, 0.3) is 0 Å². The highest BCUT2D eigenvalue weighted by Gasteiger charge is 2.43. The van der Waals surface area contributed by atoms with Gasteiger partial charge in [0.15, 0.2) is 0 Å². The summed E-state index contributed by atoms with van der Waals surface area (Å²) in [7, 11) is -1.93. The lowest BCUT2D eigenvalue weighted by atomic mass is 10.1. The van der Waals surface area contributed by atoms with Gasteiger partial charge in [-0.3, -0.25) is 4.79 Å². The predicted molar refractivity (Wildman–Crippen MR) is 108 cm³/mol. The maximum atomic E-state index is 13.1. The Kier molecular flexibility index (Phi) is 5.01. The van der Waals surface area contributed by atoms with Crippen LogP contribution in [0.2, 0.25) is 0 Å². The van der Waals surface area contributed by atoms with Crippen molar-refractivity contribution in [2.75, 3.05) is 18.7 Å². The lowest BCUT2D eigenvalue weighted by Crippen LogP contribution is -2.48. The Morgan fingerprint density at radius 1 is 1.04 bits per heavy atom. The number of hydrogen-bond acceptors (Lipinski definition) is 4. The highest BCUT2D eigenvalue weighted by Crippen LogP contribution is 2.33. The Hall–Kier alpha value is -1.83. The van der Waals surface area contributed by atoms with Gasteiger partial charge in [0, 0.05) is 18.8 Å². The van der Waals surface area contributed by atoms with Gasteiger partial charge in [-0.05, 0) is 36.1 Å². The smallest absolute Gasteiger partial charge is 0.244 e. The van der Waals surface area contributed by atoms with E-state index in [-0.39, 0.29) is 16.8 Å². The summed E-state index contributed by atoms with van der Waals surface area (Å²) >= 11 is 1.49. The molecule has 1 aliphatic heterocycles. The molecule has 142 valence electrons. The van der Waals surface area contributed by atoms with Crippen LogP contribution in [0.5, 0.6) is 0 Å². The highest BCUT2D eigenvalue weighted by molar-refractivity contribution is 8.00. The third-order valence-electron chi connectivity index (χ3n) is 5.14. The first kappa shape index (κ1) is 18.5. The predicted octanol–water partition coefficient (Wildman–Crippen LogP) is 3.04. The minimum atomic E-state index is -3.71. The van der Waals surface area contributed by atoms with Crippen molar-refractivity contribution in [3.05, 3.63) is 54.6 Å². The van der Waals surface area contributed by atoms with Gasteiger partial charge >= 0.3 is 0 Å². The monoisotopic (exact) mass is 402 g/mol. The quantitative estimate of drug-likeness (QED) is 0.771. The first-order valence-electron chi connectivity index (χ1n) is 9.00. The number of benzene rings is 2. The molecule has 0 spiro atoms. The fourth-order valence-electron chi connectivity index (χ4n) is 3.32. The van der Waals surface area contributed by atoms with E-state index in [0.29, 0.717) is 11.6 Å². The first-order valence-corrected chi connectivity index (χ1v) is 11.6. The molecule has 2 aromatic carbocycles. The Bertz CT molecular complexity index is 925. The van der Waals surface area contributed by atoms with E-state index in [1.807, 2.05) is 42.5 Å². The van der Waals surface area contributed by atoms with Gasteiger partial charge in [-0.2, -0.15) is 4.31 Å². The van der Waals surface area contributed by atoms with Crippen LogP contribution in [0.15, 0.2) is 59.5 Å². The van der Waals surface area contributed by atoms with Crippen LogP contribution in [0.4, 0.5) is 0 Å². The molecule has 1 saturated heterocycles. The van der Waals surface area contributed by atoms with Crippen LogP contribution in [-0.2, 0) is 14.8 Å². The number of nitrogens with zero attached hydrogens (tertiary/aromatic N) is 2. The summed E-state index contributed by atoms with van der Waals surface area (Å²) in [4.78, 5) is 14.7. The molecule has 1 saturated carbocycles. The minimum absolute atomic E-state index is 0.0908. The minimum Gasteiger partial charge on any atom is -0.341 e. The fourth-order valence-corrected chi connectivity index (χ4v) is 6.46. The largest absolute Gasteiger partial charge is 0.341 e.